The maximum Gasteiger partial charge on any atom is 0.311 e. The van der Waals surface area contributed by atoms with E-state index < -0.39 is 11.4 Å². The largest absolute Gasteiger partial charge is 0.481 e. The van der Waals surface area contributed by atoms with Crippen LogP contribution in [0.25, 0.3) is 0 Å². The molecule has 1 aromatic rings. The summed E-state index contributed by atoms with van der Waals surface area (Å²) in [4.78, 5) is 11.3. The molecule has 20 heavy (non-hydrogen) atoms. The Morgan fingerprint density at radius 1 is 1.35 bits per heavy atom. The molecule has 110 valence electrons. The topological polar surface area (TPSA) is 80.9 Å². The molecule has 1 N–H and O–H groups in total. The van der Waals surface area contributed by atoms with Gasteiger partial charge in [0.25, 0.3) is 0 Å². The van der Waals surface area contributed by atoms with Gasteiger partial charge in [0.05, 0.1) is 12.0 Å². The summed E-state index contributed by atoms with van der Waals surface area (Å²) in [7, 11) is 0. The van der Waals surface area contributed by atoms with Crippen LogP contribution in [0, 0.1) is 10.8 Å². The van der Waals surface area contributed by atoms with Crippen molar-refractivity contribution < 1.29 is 9.90 Å². The molecule has 1 unspecified atom stereocenters. The minimum atomic E-state index is -0.721. The standard InChI is InChI=1S/C14H22N4O2/c1-13(2)6-4-3-5-10(13)11-15-16-17-18(11)9-14(7-8-14)12(19)20/h10H,3-9H2,1-2H3,(H,19,20). The summed E-state index contributed by atoms with van der Waals surface area (Å²) in [6.45, 7) is 4.94. The highest BCUT2D eigenvalue weighted by molar-refractivity contribution is 5.77. The van der Waals surface area contributed by atoms with E-state index in [9.17, 15) is 9.90 Å². The van der Waals surface area contributed by atoms with Crippen molar-refractivity contribution in [3.8, 4) is 0 Å². The fourth-order valence-electron chi connectivity index (χ4n) is 3.42. The Bertz CT molecular complexity index is 519. The van der Waals surface area contributed by atoms with E-state index in [0.29, 0.717) is 12.5 Å². The van der Waals surface area contributed by atoms with Crippen molar-refractivity contribution in [3.05, 3.63) is 5.82 Å². The van der Waals surface area contributed by atoms with Gasteiger partial charge in [-0.15, -0.1) is 5.10 Å². The summed E-state index contributed by atoms with van der Waals surface area (Å²) < 4.78 is 1.75. The Hall–Kier alpha value is -1.46. The molecule has 6 nitrogen and oxygen atoms in total. The Morgan fingerprint density at radius 3 is 2.70 bits per heavy atom. The highest BCUT2D eigenvalue weighted by Crippen LogP contribution is 2.49. The lowest BCUT2D eigenvalue weighted by molar-refractivity contribution is -0.144. The molecule has 0 bridgehead atoms. The van der Waals surface area contributed by atoms with Gasteiger partial charge in [-0.3, -0.25) is 4.79 Å². The monoisotopic (exact) mass is 278 g/mol. The van der Waals surface area contributed by atoms with Gasteiger partial charge in [-0.1, -0.05) is 26.7 Å². The molecule has 2 fully saturated rings. The van der Waals surface area contributed by atoms with Crippen LogP contribution < -0.4 is 0 Å². The van der Waals surface area contributed by atoms with Gasteiger partial charge in [-0.2, -0.15) is 0 Å². The molecule has 1 heterocycles. The van der Waals surface area contributed by atoms with E-state index in [1.807, 2.05) is 0 Å². The van der Waals surface area contributed by atoms with Gasteiger partial charge in [-0.05, 0) is 41.5 Å². The van der Waals surface area contributed by atoms with Gasteiger partial charge < -0.3 is 5.11 Å². The maximum absolute atomic E-state index is 11.3. The van der Waals surface area contributed by atoms with Crippen molar-refractivity contribution in [1.82, 2.24) is 20.2 Å². The van der Waals surface area contributed by atoms with Crippen LogP contribution >= 0.6 is 0 Å². The van der Waals surface area contributed by atoms with Crippen LogP contribution in [0.15, 0.2) is 0 Å². The second kappa shape index (κ2) is 4.53. The third-order valence-electron chi connectivity index (χ3n) is 5.14. The SMILES string of the molecule is CC1(C)CCCCC1c1nnnn1CC1(C(=O)O)CC1. The number of nitrogens with zero attached hydrogens (tertiary/aromatic N) is 4. The molecule has 0 aliphatic heterocycles. The van der Waals surface area contributed by atoms with Crippen LogP contribution in [-0.2, 0) is 11.3 Å². The number of carboxylic acid groups (broad SMARTS) is 1. The first kappa shape index (κ1) is 13.5. The first-order valence-electron chi connectivity index (χ1n) is 7.44. The van der Waals surface area contributed by atoms with Crippen molar-refractivity contribution >= 4 is 5.97 Å². The van der Waals surface area contributed by atoms with Gasteiger partial charge in [0.1, 0.15) is 0 Å². The normalized spacial score (nSPS) is 27.2. The molecule has 6 heteroatoms. The Balaban J connectivity index is 1.85. The van der Waals surface area contributed by atoms with E-state index in [4.69, 9.17) is 0 Å². The Labute approximate surface area is 118 Å². The van der Waals surface area contributed by atoms with E-state index in [2.05, 4.69) is 29.4 Å². The fraction of sp³-hybridized carbons (Fsp3) is 0.857. The summed E-state index contributed by atoms with van der Waals surface area (Å²) in [5.41, 5.74) is -0.437. The van der Waals surface area contributed by atoms with Gasteiger partial charge in [0.15, 0.2) is 5.82 Å². The molecule has 0 aromatic carbocycles. The van der Waals surface area contributed by atoms with Crippen LogP contribution in [0.2, 0.25) is 0 Å². The van der Waals surface area contributed by atoms with Gasteiger partial charge in [-0.25, -0.2) is 4.68 Å². The molecule has 0 radical (unpaired) electrons. The van der Waals surface area contributed by atoms with Crippen molar-refractivity contribution in [2.45, 2.75) is 64.8 Å². The van der Waals surface area contributed by atoms with Gasteiger partial charge in [0, 0.05) is 5.92 Å². The summed E-state index contributed by atoms with van der Waals surface area (Å²) in [6, 6.07) is 0. The van der Waals surface area contributed by atoms with E-state index in [1.54, 1.807) is 4.68 Å². The number of rotatable bonds is 4. The summed E-state index contributed by atoms with van der Waals surface area (Å²) in [5, 5.41) is 21.4. The lowest BCUT2D eigenvalue weighted by Crippen LogP contribution is -2.30. The van der Waals surface area contributed by atoms with E-state index in [-0.39, 0.29) is 5.41 Å². The van der Waals surface area contributed by atoms with Crippen LogP contribution in [-0.4, -0.2) is 31.3 Å². The zero-order valence-corrected chi connectivity index (χ0v) is 12.2. The first-order valence-corrected chi connectivity index (χ1v) is 7.44. The molecule has 0 amide bonds. The molecule has 2 aliphatic rings. The van der Waals surface area contributed by atoms with Crippen molar-refractivity contribution in [3.63, 3.8) is 0 Å². The summed E-state index contributed by atoms with van der Waals surface area (Å²) in [6.07, 6.45) is 6.18. The van der Waals surface area contributed by atoms with Crippen molar-refractivity contribution in [2.75, 3.05) is 0 Å². The molecule has 3 rings (SSSR count). The lowest BCUT2D eigenvalue weighted by Gasteiger charge is -2.37. The average molecular weight is 278 g/mol. The van der Waals surface area contributed by atoms with E-state index >= 15 is 0 Å². The number of hydrogen-bond donors (Lipinski definition) is 1. The molecule has 1 atom stereocenters. The fourth-order valence-corrected chi connectivity index (χ4v) is 3.42. The third kappa shape index (κ3) is 2.21. The van der Waals surface area contributed by atoms with Crippen LogP contribution in [0.1, 0.15) is 64.1 Å². The maximum atomic E-state index is 11.3. The third-order valence-corrected chi connectivity index (χ3v) is 5.14. The number of tetrazole rings is 1. The first-order chi connectivity index (χ1) is 9.45. The molecule has 2 aliphatic carbocycles. The summed E-state index contributed by atoms with van der Waals surface area (Å²) in [5.74, 6) is 0.486. The van der Waals surface area contributed by atoms with Gasteiger partial charge >= 0.3 is 5.97 Å². The predicted octanol–water partition coefficient (Wildman–Crippen LogP) is 2.22. The quantitative estimate of drug-likeness (QED) is 0.913. The number of carbonyl (C=O) groups is 1. The van der Waals surface area contributed by atoms with Gasteiger partial charge in [0.2, 0.25) is 0 Å². The lowest BCUT2D eigenvalue weighted by atomic mass is 9.68. The highest BCUT2D eigenvalue weighted by atomic mass is 16.4. The number of aliphatic carboxylic acids is 1. The highest BCUT2D eigenvalue weighted by Gasteiger charge is 2.51. The Morgan fingerprint density at radius 2 is 2.10 bits per heavy atom. The second-order valence-corrected chi connectivity index (χ2v) is 7.07. The molecular formula is C14H22N4O2. The molecule has 0 saturated heterocycles. The summed E-state index contributed by atoms with van der Waals surface area (Å²) >= 11 is 0. The smallest absolute Gasteiger partial charge is 0.311 e. The Kier molecular flexibility index (Phi) is 3.06. The van der Waals surface area contributed by atoms with Crippen LogP contribution in [0.3, 0.4) is 0 Å². The molecular weight excluding hydrogens is 256 g/mol. The predicted molar refractivity (Wildman–Crippen MR) is 72.1 cm³/mol. The number of aromatic nitrogens is 4. The van der Waals surface area contributed by atoms with Crippen LogP contribution in [0.4, 0.5) is 0 Å². The molecule has 1 aromatic heterocycles. The number of hydrogen-bond acceptors (Lipinski definition) is 4. The van der Waals surface area contributed by atoms with Crippen LogP contribution in [0.5, 0.6) is 0 Å². The van der Waals surface area contributed by atoms with Crippen molar-refractivity contribution in [2.24, 2.45) is 10.8 Å². The average Bonchev–Trinajstić information content (AvgIpc) is 3.02. The second-order valence-electron chi connectivity index (χ2n) is 7.07. The molecule has 2 saturated carbocycles. The zero-order valence-electron chi connectivity index (χ0n) is 12.2. The van der Waals surface area contributed by atoms with Crippen molar-refractivity contribution in [1.29, 1.82) is 0 Å². The van der Waals surface area contributed by atoms with E-state index in [0.717, 1.165) is 25.1 Å². The minimum Gasteiger partial charge on any atom is -0.481 e. The number of carboxylic acids is 1. The molecule has 0 spiro atoms. The van der Waals surface area contributed by atoms with E-state index in [1.165, 1.54) is 19.3 Å². The zero-order chi connectivity index (χ0) is 14.4. The minimum absolute atomic E-state index is 0.185.